The molecule has 2 aromatic rings. The van der Waals surface area contributed by atoms with Gasteiger partial charge in [0, 0.05) is 9.50 Å². The molecule has 0 bridgehead atoms. The van der Waals surface area contributed by atoms with E-state index in [1.807, 2.05) is 37.3 Å². The van der Waals surface area contributed by atoms with Crippen molar-refractivity contribution >= 4 is 27.5 Å². The van der Waals surface area contributed by atoms with Gasteiger partial charge >= 0.3 is 0 Å². The monoisotopic (exact) mass is 355 g/mol. The van der Waals surface area contributed by atoms with E-state index in [0.717, 1.165) is 22.1 Å². The summed E-state index contributed by atoms with van der Waals surface area (Å²) in [4.78, 5) is 0. The van der Waals surface area contributed by atoms with Crippen molar-refractivity contribution < 1.29 is 4.39 Å². The Morgan fingerprint density at radius 1 is 1.25 bits per heavy atom. The molecule has 4 heteroatoms. The van der Waals surface area contributed by atoms with Gasteiger partial charge in [0.05, 0.1) is 6.04 Å². The van der Waals surface area contributed by atoms with Gasteiger partial charge in [0.15, 0.2) is 0 Å². The zero-order valence-electron chi connectivity index (χ0n) is 11.4. The van der Waals surface area contributed by atoms with E-state index in [0.29, 0.717) is 10.6 Å². The van der Waals surface area contributed by atoms with Crippen LogP contribution in [0.1, 0.15) is 29.7 Å². The molecule has 1 unspecified atom stereocenters. The summed E-state index contributed by atoms with van der Waals surface area (Å²) in [6, 6.07) is 11.1. The molecule has 2 aromatic carbocycles. The maximum atomic E-state index is 13.6. The van der Waals surface area contributed by atoms with Crippen molar-refractivity contribution in [2.75, 3.05) is 6.54 Å². The van der Waals surface area contributed by atoms with Crippen molar-refractivity contribution in [1.82, 2.24) is 5.32 Å². The van der Waals surface area contributed by atoms with Crippen molar-refractivity contribution in [1.29, 1.82) is 0 Å². The summed E-state index contributed by atoms with van der Waals surface area (Å²) >= 11 is 9.80. The molecule has 0 aliphatic heterocycles. The highest BCUT2D eigenvalue weighted by Crippen LogP contribution is 2.33. The molecule has 0 aromatic heterocycles. The largest absolute Gasteiger partial charge is 0.306 e. The summed E-state index contributed by atoms with van der Waals surface area (Å²) in [7, 11) is 0. The fourth-order valence-corrected chi connectivity index (χ4v) is 2.97. The highest BCUT2D eigenvalue weighted by atomic mass is 79.9. The van der Waals surface area contributed by atoms with Crippen molar-refractivity contribution in [3.63, 3.8) is 0 Å². The third kappa shape index (κ3) is 3.22. The van der Waals surface area contributed by atoms with Gasteiger partial charge in [0.2, 0.25) is 0 Å². The van der Waals surface area contributed by atoms with Gasteiger partial charge in [0.1, 0.15) is 5.82 Å². The SMILES string of the molecule is CCNC(c1cc(C)c(F)cc1Cl)c1ccccc1Br. The van der Waals surface area contributed by atoms with Gasteiger partial charge in [0.25, 0.3) is 0 Å². The molecule has 0 heterocycles. The van der Waals surface area contributed by atoms with Crippen LogP contribution in [-0.2, 0) is 0 Å². The molecule has 106 valence electrons. The van der Waals surface area contributed by atoms with Crippen LogP contribution in [0, 0.1) is 12.7 Å². The van der Waals surface area contributed by atoms with Crippen LogP contribution in [0.4, 0.5) is 4.39 Å². The highest BCUT2D eigenvalue weighted by molar-refractivity contribution is 9.10. The van der Waals surface area contributed by atoms with Crippen molar-refractivity contribution in [3.05, 3.63) is 68.4 Å². The van der Waals surface area contributed by atoms with Gasteiger partial charge < -0.3 is 5.32 Å². The van der Waals surface area contributed by atoms with Crippen molar-refractivity contribution in [3.8, 4) is 0 Å². The van der Waals surface area contributed by atoms with Crippen LogP contribution in [0.15, 0.2) is 40.9 Å². The summed E-state index contributed by atoms with van der Waals surface area (Å²) in [6.07, 6.45) is 0. The van der Waals surface area contributed by atoms with Crippen LogP contribution in [0.3, 0.4) is 0 Å². The Bertz CT molecular complexity index is 615. The molecule has 1 N–H and O–H groups in total. The predicted octanol–water partition coefficient (Wildman–Crippen LogP) is 5.25. The third-order valence-electron chi connectivity index (χ3n) is 3.21. The predicted molar refractivity (Wildman–Crippen MR) is 85.8 cm³/mol. The Balaban J connectivity index is 2.54. The molecule has 1 atom stereocenters. The Morgan fingerprint density at radius 2 is 1.95 bits per heavy atom. The zero-order chi connectivity index (χ0) is 14.7. The molecule has 0 amide bonds. The van der Waals surface area contributed by atoms with Gasteiger partial charge in [-0.1, -0.05) is 52.7 Å². The summed E-state index contributed by atoms with van der Waals surface area (Å²) in [5.74, 6) is -0.277. The van der Waals surface area contributed by atoms with Crippen LogP contribution < -0.4 is 5.32 Å². The Morgan fingerprint density at radius 3 is 2.60 bits per heavy atom. The quantitative estimate of drug-likeness (QED) is 0.789. The molecule has 1 nitrogen and oxygen atoms in total. The van der Waals surface area contributed by atoms with E-state index >= 15 is 0 Å². The second-order valence-corrected chi connectivity index (χ2v) is 5.90. The van der Waals surface area contributed by atoms with E-state index in [1.54, 1.807) is 6.92 Å². The fraction of sp³-hybridized carbons (Fsp3) is 0.250. The first kappa shape index (κ1) is 15.5. The number of rotatable bonds is 4. The summed E-state index contributed by atoms with van der Waals surface area (Å²) in [6.45, 7) is 4.57. The maximum Gasteiger partial charge on any atom is 0.127 e. The number of aryl methyl sites for hydroxylation is 1. The lowest BCUT2D eigenvalue weighted by Crippen LogP contribution is -2.23. The summed E-state index contributed by atoms with van der Waals surface area (Å²) < 4.78 is 14.6. The van der Waals surface area contributed by atoms with Gasteiger partial charge in [-0.05, 0) is 48.4 Å². The minimum atomic E-state index is -0.277. The highest BCUT2D eigenvalue weighted by Gasteiger charge is 2.19. The van der Waals surface area contributed by atoms with Crippen LogP contribution >= 0.6 is 27.5 Å². The number of hydrogen-bond acceptors (Lipinski definition) is 1. The number of benzene rings is 2. The molecular formula is C16H16BrClFN. The molecule has 0 saturated carbocycles. The number of halogens is 3. The molecule has 2 rings (SSSR count). The van der Waals surface area contributed by atoms with Crippen LogP contribution in [0.2, 0.25) is 5.02 Å². The molecule has 0 fully saturated rings. The summed E-state index contributed by atoms with van der Waals surface area (Å²) in [5, 5.41) is 3.85. The molecule has 20 heavy (non-hydrogen) atoms. The van der Waals surface area contributed by atoms with E-state index in [-0.39, 0.29) is 11.9 Å². The first-order chi connectivity index (χ1) is 9.54. The number of nitrogens with one attached hydrogen (secondary N) is 1. The average molecular weight is 357 g/mol. The summed E-state index contributed by atoms with van der Waals surface area (Å²) in [5.41, 5.74) is 2.57. The van der Waals surface area contributed by atoms with Gasteiger partial charge in [-0.3, -0.25) is 0 Å². The van der Waals surface area contributed by atoms with Crippen LogP contribution in [-0.4, -0.2) is 6.54 Å². The number of hydrogen-bond donors (Lipinski definition) is 1. The van der Waals surface area contributed by atoms with E-state index in [2.05, 4.69) is 21.2 Å². The fourth-order valence-electron chi connectivity index (χ4n) is 2.20. The first-order valence-electron chi connectivity index (χ1n) is 6.48. The Labute approximate surface area is 132 Å². The Kier molecular flexibility index (Phi) is 5.19. The lowest BCUT2D eigenvalue weighted by molar-refractivity contribution is 0.606. The van der Waals surface area contributed by atoms with E-state index in [9.17, 15) is 4.39 Å². The topological polar surface area (TPSA) is 12.0 Å². The normalized spacial score (nSPS) is 12.4. The molecule has 0 aliphatic carbocycles. The minimum Gasteiger partial charge on any atom is -0.306 e. The van der Waals surface area contributed by atoms with Gasteiger partial charge in [-0.2, -0.15) is 0 Å². The van der Waals surface area contributed by atoms with Crippen LogP contribution in [0.5, 0.6) is 0 Å². The van der Waals surface area contributed by atoms with Gasteiger partial charge in [-0.25, -0.2) is 4.39 Å². The molecule has 0 spiro atoms. The third-order valence-corrected chi connectivity index (χ3v) is 4.26. The standard InChI is InChI=1S/C16H16BrClFN/c1-3-20-16(11-6-4-5-7-13(11)17)12-8-10(2)15(19)9-14(12)18/h4-9,16,20H,3H2,1-2H3. The average Bonchev–Trinajstić information content (AvgIpc) is 2.42. The van der Waals surface area contributed by atoms with Gasteiger partial charge in [-0.15, -0.1) is 0 Å². The lowest BCUT2D eigenvalue weighted by Gasteiger charge is -2.22. The molecular weight excluding hydrogens is 341 g/mol. The van der Waals surface area contributed by atoms with E-state index in [1.165, 1.54) is 6.07 Å². The molecule has 0 saturated heterocycles. The van der Waals surface area contributed by atoms with E-state index < -0.39 is 0 Å². The van der Waals surface area contributed by atoms with Crippen molar-refractivity contribution in [2.45, 2.75) is 19.9 Å². The Hall–Kier alpha value is -0.900. The minimum absolute atomic E-state index is 0.0672. The smallest absolute Gasteiger partial charge is 0.127 e. The van der Waals surface area contributed by atoms with Crippen molar-refractivity contribution in [2.24, 2.45) is 0 Å². The zero-order valence-corrected chi connectivity index (χ0v) is 13.7. The van der Waals surface area contributed by atoms with E-state index in [4.69, 9.17) is 11.6 Å². The maximum absolute atomic E-state index is 13.6. The lowest BCUT2D eigenvalue weighted by atomic mass is 9.97. The van der Waals surface area contributed by atoms with Crippen LogP contribution in [0.25, 0.3) is 0 Å². The molecule has 0 radical (unpaired) electrons. The first-order valence-corrected chi connectivity index (χ1v) is 7.65. The molecule has 0 aliphatic rings. The second-order valence-electron chi connectivity index (χ2n) is 4.64. The second kappa shape index (κ2) is 6.70.